The second kappa shape index (κ2) is 8.35. The molecule has 2 N–H and O–H groups in total. The summed E-state index contributed by atoms with van der Waals surface area (Å²) in [4.78, 5) is 29.2. The first kappa shape index (κ1) is 19.1. The summed E-state index contributed by atoms with van der Waals surface area (Å²) in [6.07, 6.45) is 2.85. The molecule has 0 saturated carbocycles. The van der Waals surface area contributed by atoms with Gasteiger partial charge in [-0.1, -0.05) is 24.3 Å². The second-order valence-corrected chi connectivity index (χ2v) is 6.39. The fourth-order valence-electron chi connectivity index (χ4n) is 2.70. The van der Waals surface area contributed by atoms with E-state index in [0.29, 0.717) is 17.0 Å². The molecule has 28 heavy (non-hydrogen) atoms. The SMILES string of the molecule is COc1ccccc1NC(=O)c1cncc(C(=O)Nc2cc(C)ccc2C)c1. The molecule has 6 nitrogen and oxygen atoms in total. The summed E-state index contributed by atoms with van der Waals surface area (Å²) in [5.74, 6) is -0.154. The van der Waals surface area contributed by atoms with Crippen LogP contribution in [0.5, 0.6) is 5.75 Å². The van der Waals surface area contributed by atoms with Crippen molar-refractivity contribution in [2.75, 3.05) is 17.7 Å². The van der Waals surface area contributed by atoms with Gasteiger partial charge in [0.15, 0.2) is 0 Å². The molecule has 2 aromatic carbocycles. The van der Waals surface area contributed by atoms with E-state index in [0.717, 1.165) is 16.8 Å². The number of benzene rings is 2. The van der Waals surface area contributed by atoms with Crippen molar-refractivity contribution in [2.24, 2.45) is 0 Å². The van der Waals surface area contributed by atoms with Crippen molar-refractivity contribution >= 4 is 23.2 Å². The van der Waals surface area contributed by atoms with E-state index >= 15 is 0 Å². The monoisotopic (exact) mass is 375 g/mol. The Kier molecular flexibility index (Phi) is 5.69. The molecule has 2 amide bonds. The van der Waals surface area contributed by atoms with Gasteiger partial charge < -0.3 is 15.4 Å². The third-order valence-electron chi connectivity index (χ3n) is 4.26. The van der Waals surface area contributed by atoms with E-state index in [9.17, 15) is 9.59 Å². The van der Waals surface area contributed by atoms with Crippen LogP contribution in [-0.2, 0) is 0 Å². The van der Waals surface area contributed by atoms with Crippen molar-refractivity contribution in [1.82, 2.24) is 4.98 Å². The highest BCUT2D eigenvalue weighted by Crippen LogP contribution is 2.24. The summed E-state index contributed by atoms with van der Waals surface area (Å²) < 4.78 is 5.24. The van der Waals surface area contributed by atoms with E-state index in [1.807, 2.05) is 38.1 Å². The molecule has 0 saturated heterocycles. The van der Waals surface area contributed by atoms with E-state index in [1.54, 1.807) is 18.2 Å². The molecule has 0 fully saturated rings. The predicted octanol–water partition coefficient (Wildman–Crippen LogP) is 4.21. The van der Waals surface area contributed by atoms with Crippen LogP contribution in [0.25, 0.3) is 0 Å². The molecule has 6 heteroatoms. The number of anilines is 2. The topological polar surface area (TPSA) is 80.3 Å². The maximum atomic E-state index is 12.6. The summed E-state index contributed by atoms with van der Waals surface area (Å²) in [7, 11) is 1.53. The van der Waals surface area contributed by atoms with Gasteiger partial charge in [-0.05, 0) is 49.2 Å². The zero-order valence-electron chi connectivity index (χ0n) is 15.9. The summed E-state index contributed by atoms with van der Waals surface area (Å²) in [6, 6.07) is 14.4. The number of carbonyl (C=O) groups is 2. The van der Waals surface area contributed by atoms with Crippen LogP contribution in [0.2, 0.25) is 0 Å². The number of hydrogen-bond donors (Lipinski definition) is 2. The van der Waals surface area contributed by atoms with Crippen LogP contribution in [0.15, 0.2) is 60.9 Å². The molecular weight excluding hydrogens is 354 g/mol. The normalized spacial score (nSPS) is 10.2. The largest absolute Gasteiger partial charge is 0.495 e. The number of rotatable bonds is 5. The molecule has 0 aliphatic rings. The molecule has 0 atom stereocenters. The van der Waals surface area contributed by atoms with E-state index in [4.69, 9.17) is 4.74 Å². The highest BCUT2D eigenvalue weighted by atomic mass is 16.5. The number of para-hydroxylation sites is 2. The number of methoxy groups -OCH3 is 1. The standard InChI is InChI=1S/C22H21N3O3/c1-14-8-9-15(2)19(10-14)25-22(27)17-11-16(12-23-13-17)21(26)24-18-6-4-5-7-20(18)28-3/h4-13H,1-3H3,(H,24,26)(H,25,27). The number of amides is 2. The van der Waals surface area contributed by atoms with Crippen molar-refractivity contribution < 1.29 is 14.3 Å². The van der Waals surface area contributed by atoms with Crippen LogP contribution in [0, 0.1) is 13.8 Å². The Morgan fingerprint density at radius 2 is 1.50 bits per heavy atom. The van der Waals surface area contributed by atoms with Gasteiger partial charge in [0, 0.05) is 18.1 Å². The van der Waals surface area contributed by atoms with Gasteiger partial charge in [-0.3, -0.25) is 14.6 Å². The minimum atomic E-state index is -0.376. The quantitative estimate of drug-likeness (QED) is 0.700. The lowest BCUT2D eigenvalue weighted by Gasteiger charge is -2.11. The molecule has 0 bridgehead atoms. The minimum absolute atomic E-state index is 0.277. The molecular formula is C22H21N3O3. The summed E-state index contributed by atoms with van der Waals surface area (Å²) in [6.45, 7) is 3.88. The number of nitrogens with zero attached hydrogens (tertiary/aromatic N) is 1. The van der Waals surface area contributed by atoms with Crippen LogP contribution in [0.4, 0.5) is 11.4 Å². The highest BCUT2D eigenvalue weighted by Gasteiger charge is 2.14. The zero-order chi connectivity index (χ0) is 20.1. The Morgan fingerprint density at radius 1 is 0.857 bits per heavy atom. The third kappa shape index (κ3) is 4.35. The van der Waals surface area contributed by atoms with Crippen molar-refractivity contribution in [3.63, 3.8) is 0 Å². The molecule has 142 valence electrons. The van der Waals surface area contributed by atoms with E-state index in [2.05, 4.69) is 15.6 Å². The number of nitrogens with one attached hydrogen (secondary N) is 2. The van der Waals surface area contributed by atoms with Crippen molar-refractivity contribution in [1.29, 1.82) is 0 Å². The number of pyridine rings is 1. The lowest BCUT2D eigenvalue weighted by atomic mass is 10.1. The van der Waals surface area contributed by atoms with Crippen LogP contribution in [0.3, 0.4) is 0 Å². The maximum absolute atomic E-state index is 12.6. The Balaban J connectivity index is 1.78. The van der Waals surface area contributed by atoms with Gasteiger partial charge in [-0.25, -0.2) is 0 Å². The van der Waals surface area contributed by atoms with Crippen LogP contribution in [0.1, 0.15) is 31.8 Å². The lowest BCUT2D eigenvalue weighted by molar-refractivity contribution is 0.102. The average molecular weight is 375 g/mol. The number of ether oxygens (including phenoxy) is 1. The zero-order valence-corrected chi connectivity index (χ0v) is 15.9. The third-order valence-corrected chi connectivity index (χ3v) is 4.26. The predicted molar refractivity (Wildman–Crippen MR) is 109 cm³/mol. The van der Waals surface area contributed by atoms with Crippen LogP contribution >= 0.6 is 0 Å². The Bertz CT molecular complexity index is 1030. The molecule has 3 aromatic rings. The Hall–Kier alpha value is -3.67. The Labute approximate surface area is 163 Å². The molecule has 0 radical (unpaired) electrons. The molecule has 3 rings (SSSR count). The molecule has 0 aliphatic carbocycles. The van der Waals surface area contributed by atoms with E-state index < -0.39 is 0 Å². The molecule has 0 aliphatic heterocycles. The van der Waals surface area contributed by atoms with Crippen molar-refractivity contribution in [2.45, 2.75) is 13.8 Å². The highest BCUT2D eigenvalue weighted by molar-refractivity contribution is 6.08. The fourth-order valence-corrected chi connectivity index (χ4v) is 2.70. The van der Waals surface area contributed by atoms with Crippen LogP contribution < -0.4 is 15.4 Å². The number of aryl methyl sites for hydroxylation is 2. The fraction of sp³-hybridized carbons (Fsp3) is 0.136. The smallest absolute Gasteiger partial charge is 0.257 e. The number of carbonyl (C=O) groups excluding carboxylic acids is 2. The summed E-state index contributed by atoms with van der Waals surface area (Å²) in [5.41, 5.74) is 3.85. The maximum Gasteiger partial charge on any atom is 0.257 e. The Morgan fingerprint density at radius 3 is 2.18 bits per heavy atom. The summed E-state index contributed by atoms with van der Waals surface area (Å²) in [5, 5.41) is 5.65. The van der Waals surface area contributed by atoms with Crippen molar-refractivity contribution in [3.8, 4) is 5.75 Å². The first-order valence-corrected chi connectivity index (χ1v) is 8.76. The van der Waals surface area contributed by atoms with E-state index in [-0.39, 0.29) is 17.4 Å². The van der Waals surface area contributed by atoms with Gasteiger partial charge in [0.2, 0.25) is 0 Å². The van der Waals surface area contributed by atoms with Crippen LogP contribution in [-0.4, -0.2) is 23.9 Å². The van der Waals surface area contributed by atoms with Gasteiger partial charge >= 0.3 is 0 Å². The summed E-state index contributed by atoms with van der Waals surface area (Å²) >= 11 is 0. The molecule has 1 aromatic heterocycles. The minimum Gasteiger partial charge on any atom is -0.495 e. The number of hydrogen-bond acceptors (Lipinski definition) is 4. The van der Waals surface area contributed by atoms with Crippen molar-refractivity contribution in [3.05, 3.63) is 83.2 Å². The number of aromatic nitrogens is 1. The molecule has 0 unspecified atom stereocenters. The van der Waals surface area contributed by atoms with Gasteiger partial charge in [0.1, 0.15) is 5.75 Å². The average Bonchev–Trinajstić information content (AvgIpc) is 2.71. The molecule has 0 spiro atoms. The van der Waals surface area contributed by atoms with Gasteiger partial charge in [-0.2, -0.15) is 0 Å². The van der Waals surface area contributed by atoms with Gasteiger partial charge in [-0.15, -0.1) is 0 Å². The first-order chi connectivity index (χ1) is 13.5. The first-order valence-electron chi connectivity index (χ1n) is 8.76. The second-order valence-electron chi connectivity index (χ2n) is 6.39. The van der Waals surface area contributed by atoms with E-state index in [1.165, 1.54) is 25.6 Å². The van der Waals surface area contributed by atoms with Gasteiger partial charge in [0.05, 0.1) is 23.9 Å². The molecule has 1 heterocycles. The van der Waals surface area contributed by atoms with Gasteiger partial charge in [0.25, 0.3) is 11.8 Å². The lowest BCUT2D eigenvalue weighted by Crippen LogP contribution is -2.17.